The predicted octanol–water partition coefficient (Wildman–Crippen LogP) is 1.22. The number of ether oxygens (including phenoxy) is 1. The zero-order valence-electron chi connectivity index (χ0n) is 8.09. The number of halogens is 1. The summed E-state index contributed by atoms with van der Waals surface area (Å²) in [6, 6.07) is -0.162. The summed E-state index contributed by atoms with van der Waals surface area (Å²) >= 11 is 0. The van der Waals surface area contributed by atoms with Crippen molar-refractivity contribution in [2.45, 2.75) is 26.3 Å². The third kappa shape index (κ3) is 3.93. The molecular weight excluding hydrogens is 178 g/mol. The van der Waals surface area contributed by atoms with E-state index < -0.39 is 0 Å². The highest BCUT2D eigenvalue weighted by molar-refractivity contribution is 5.85. The van der Waals surface area contributed by atoms with Crippen LogP contribution in [-0.2, 0) is 9.53 Å². The molecule has 0 heterocycles. The van der Waals surface area contributed by atoms with E-state index in [9.17, 15) is 4.79 Å². The predicted molar refractivity (Wildman–Crippen MR) is 51.6 cm³/mol. The topological polar surface area (TPSA) is 38.3 Å². The van der Waals surface area contributed by atoms with Gasteiger partial charge in [0.2, 0.25) is 0 Å². The second kappa shape index (κ2) is 7.37. The molecule has 0 aliphatic heterocycles. The van der Waals surface area contributed by atoms with Crippen LogP contribution in [0.3, 0.4) is 0 Å². The van der Waals surface area contributed by atoms with Crippen LogP contribution in [0.25, 0.3) is 0 Å². The minimum atomic E-state index is -0.179. The first kappa shape index (κ1) is 14.3. The van der Waals surface area contributed by atoms with E-state index in [1.54, 1.807) is 7.05 Å². The smallest absolute Gasteiger partial charge is 0.323 e. The Hall–Kier alpha value is -0.280. The van der Waals surface area contributed by atoms with Gasteiger partial charge < -0.3 is 10.1 Å². The normalized spacial score (nSPS) is 14.3. The van der Waals surface area contributed by atoms with Crippen molar-refractivity contribution in [2.24, 2.45) is 5.92 Å². The van der Waals surface area contributed by atoms with Crippen LogP contribution >= 0.6 is 12.4 Å². The van der Waals surface area contributed by atoms with Gasteiger partial charge in [-0.1, -0.05) is 20.3 Å². The molecule has 0 aliphatic rings. The number of carbonyl (C=O) groups excluding carboxylic acids is 1. The maximum absolute atomic E-state index is 11.1. The third-order valence-electron chi connectivity index (χ3n) is 1.98. The lowest BCUT2D eigenvalue weighted by Gasteiger charge is -2.19. The van der Waals surface area contributed by atoms with Gasteiger partial charge in [0.15, 0.2) is 0 Å². The monoisotopic (exact) mass is 195 g/mol. The van der Waals surface area contributed by atoms with Crippen LogP contribution in [0, 0.1) is 5.92 Å². The molecule has 0 fully saturated rings. The van der Waals surface area contributed by atoms with E-state index in [2.05, 4.69) is 17.0 Å². The quantitative estimate of drug-likeness (QED) is 0.686. The van der Waals surface area contributed by atoms with Crippen LogP contribution in [0.4, 0.5) is 0 Å². The Balaban J connectivity index is 0. The van der Waals surface area contributed by atoms with Gasteiger partial charge in [0.05, 0.1) is 7.11 Å². The number of rotatable bonds is 4. The number of hydrogen-bond donors (Lipinski definition) is 1. The lowest BCUT2D eigenvalue weighted by Crippen LogP contribution is -2.40. The van der Waals surface area contributed by atoms with E-state index in [0.29, 0.717) is 5.92 Å². The molecule has 0 unspecified atom stereocenters. The van der Waals surface area contributed by atoms with Crippen molar-refractivity contribution < 1.29 is 9.53 Å². The first-order chi connectivity index (χ1) is 5.17. The van der Waals surface area contributed by atoms with E-state index >= 15 is 0 Å². The summed E-state index contributed by atoms with van der Waals surface area (Å²) in [7, 11) is 3.18. The summed E-state index contributed by atoms with van der Waals surface area (Å²) in [5.74, 6) is 0.148. The van der Waals surface area contributed by atoms with Crippen molar-refractivity contribution in [1.29, 1.82) is 0 Å². The minimum Gasteiger partial charge on any atom is -0.468 e. The van der Waals surface area contributed by atoms with E-state index in [1.165, 1.54) is 7.11 Å². The summed E-state index contributed by atoms with van der Waals surface area (Å²) in [5.41, 5.74) is 0. The Morgan fingerprint density at radius 2 is 2.08 bits per heavy atom. The summed E-state index contributed by atoms with van der Waals surface area (Å²) in [6.45, 7) is 4.08. The summed E-state index contributed by atoms with van der Waals surface area (Å²) in [4.78, 5) is 11.1. The van der Waals surface area contributed by atoms with Gasteiger partial charge in [0, 0.05) is 0 Å². The van der Waals surface area contributed by atoms with Gasteiger partial charge in [-0.05, 0) is 13.0 Å². The highest BCUT2D eigenvalue weighted by Gasteiger charge is 2.22. The molecule has 0 saturated heterocycles. The fourth-order valence-corrected chi connectivity index (χ4v) is 0.997. The molecule has 0 aromatic heterocycles. The Labute approximate surface area is 80.3 Å². The fourth-order valence-electron chi connectivity index (χ4n) is 0.997. The molecule has 3 nitrogen and oxygen atoms in total. The molecule has 12 heavy (non-hydrogen) atoms. The lowest BCUT2D eigenvalue weighted by atomic mass is 10.00. The highest BCUT2D eigenvalue weighted by atomic mass is 35.5. The van der Waals surface area contributed by atoms with Gasteiger partial charge in [-0.15, -0.1) is 12.4 Å². The van der Waals surface area contributed by atoms with Crippen molar-refractivity contribution in [3.05, 3.63) is 0 Å². The number of methoxy groups -OCH3 is 1. The molecule has 0 saturated carbocycles. The minimum absolute atomic E-state index is 0. The van der Waals surface area contributed by atoms with Gasteiger partial charge in [0.25, 0.3) is 0 Å². The molecule has 0 amide bonds. The maximum Gasteiger partial charge on any atom is 0.323 e. The molecule has 0 rings (SSSR count). The molecule has 2 atom stereocenters. The first-order valence-corrected chi connectivity index (χ1v) is 3.92. The molecule has 1 N–H and O–H groups in total. The van der Waals surface area contributed by atoms with Crippen molar-refractivity contribution in [3.63, 3.8) is 0 Å². The summed E-state index contributed by atoms with van der Waals surface area (Å²) in [6.07, 6.45) is 0.973. The largest absolute Gasteiger partial charge is 0.468 e. The molecule has 0 aromatic carbocycles. The number of likely N-dealkylation sites (N-methyl/N-ethyl adjacent to an activating group) is 1. The Bertz CT molecular complexity index is 130. The van der Waals surface area contributed by atoms with Crippen molar-refractivity contribution in [3.8, 4) is 0 Å². The molecule has 4 heteroatoms. The Kier molecular flexibility index (Phi) is 8.76. The second-order valence-corrected chi connectivity index (χ2v) is 2.68. The summed E-state index contributed by atoms with van der Waals surface area (Å²) < 4.78 is 4.62. The molecule has 74 valence electrons. The number of esters is 1. The molecule has 0 aliphatic carbocycles. The number of hydrogen-bond acceptors (Lipinski definition) is 3. The van der Waals surface area contributed by atoms with Gasteiger partial charge >= 0.3 is 5.97 Å². The zero-order chi connectivity index (χ0) is 8.85. The zero-order valence-corrected chi connectivity index (χ0v) is 8.90. The van der Waals surface area contributed by atoms with Gasteiger partial charge in [-0.3, -0.25) is 4.79 Å². The summed E-state index contributed by atoms with van der Waals surface area (Å²) in [5, 5.41) is 2.93. The first-order valence-electron chi connectivity index (χ1n) is 3.92. The maximum atomic E-state index is 11.1. The fraction of sp³-hybridized carbons (Fsp3) is 0.875. The van der Waals surface area contributed by atoms with Crippen LogP contribution in [0.1, 0.15) is 20.3 Å². The van der Waals surface area contributed by atoms with Crippen LogP contribution in [0.2, 0.25) is 0 Å². The Morgan fingerprint density at radius 3 is 2.33 bits per heavy atom. The third-order valence-corrected chi connectivity index (χ3v) is 1.98. The van der Waals surface area contributed by atoms with Gasteiger partial charge in [-0.25, -0.2) is 0 Å². The second-order valence-electron chi connectivity index (χ2n) is 2.68. The molecule has 0 spiro atoms. The van der Waals surface area contributed by atoms with E-state index in [1.807, 2.05) is 6.92 Å². The van der Waals surface area contributed by atoms with E-state index in [0.717, 1.165) is 6.42 Å². The van der Waals surface area contributed by atoms with E-state index in [4.69, 9.17) is 0 Å². The average Bonchev–Trinajstić information content (AvgIpc) is 2.05. The van der Waals surface area contributed by atoms with Crippen LogP contribution in [0.15, 0.2) is 0 Å². The number of carbonyl (C=O) groups is 1. The molecule has 0 radical (unpaired) electrons. The van der Waals surface area contributed by atoms with Gasteiger partial charge in [-0.2, -0.15) is 0 Å². The van der Waals surface area contributed by atoms with Crippen LogP contribution < -0.4 is 5.32 Å². The number of nitrogens with one attached hydrogen (secondary N) is 1. The standard InChI is InChI=1S/C8H17NO2.ClH/c1-5-6(2)7(9-3)8(10)11-4;/h6-7,9H,5H2,1-4H3;1H/t6-,7-;/m0./s1. The molecular formula is C8H18ClNO2. The average molecular weight is 196 g/mol. The Morgan fingerprint density at radius 1 is 1.58 bits per heavy atom. The van der Waals surface area contributed by atoms with Crippen LogP contribution in [-0.4, -0.2) is 26.2 Å². The lowest BCUT2D eigenvalue weighted by molar-refractivity contribution is -0.144. The van der Waals surface area contributed by atoms with Crippen molar-refractivity contribution in [1.82, 2.24) is 5.32 Å². The van der Waals surface area contributed by atoms with Gasteiger partial charge in [0.1, 0.15) is 6.04 Å². The van der Waals surface area contributed by atoms with E-state index in [-0.39, 0.29) is 24.4 Å². The van der Waals surface area contributed by atoms with Crippen molar-refractivity contribution in [2.75, 3.05) is 14.2 Å². The van der Waals surface area contributed by atoms with Crippen LogP contribution in [0.5, 0.6) is 0 Å². The molecule has 0 aromatic rings. The highest BCUT2D eigenvalue weighted by Crippen LogP contribution is 2.07. The SMILES string of the molecule is CC[C@H](C)[C@H](NC)C(=O)OC.Cl. The van der Waals surface area contributed by atoms with Crippen molar-refractivity contribution >= 4 is 18.4 Å². The molecule has 0 bridgehead atoms.